The molecule has 0 atom stereocenters. The number of esters is 1. The third kappa shape index (κ3) is 5.19. The fraction of sp³-hybridized carbons (Fsp3) is 0.0400. The van der Waals surface area contributed by atoms with Gasteiger partial charge in [0, 0.05) is 12.1 Å². The number of carbonyl (C=O) groups is 1. The molecule has 3 aromatic carbocycles. The van der Waals surface area contributed by atoms with Crippen molar-refractivity contribution in [3.63, 3.8) is 0 Å². The zero-order valence-electron chi connectivity index (χ0n) is 17.6. The molecular weight excluding hydrogens is 438 g/mol. The smallest absolute Gasteiger partial charge is 0.337 e. The molecule has 1 aromatic heterocycles. The van der Waals surface area contributed by atoms with E-state index in [2.05, 4.69) is 5.10 Å². The molecule has 0 amide bonds. The Morgan fingerprint density at radius 2 is 1.64 bits per heavy atom. The second-order valence-electron chi connectivity index (χ2n) is 6.96. The number of benzene rings is 3. The highest BCUT2D eigenvalue weighted by atomic mass is 32.2. The van der Waals surface area contributed by atoms with Gasteiger partial charge in [-0.2, -0.15) is 9.78 Å². The summed E-state index contributed by atoms with van der Waals surface area (Å²) in [5, 5.41) is 16.0. The van der Waals surface area contributed by atoms with Crippen molar-refractivity contribution in [1.82, 2.24) is 9.78 Å². The molecule has 0 spiro atoms. The highest BCUT2D eigenvalue weighted by molar-refractivity contribution is 7.99. The van der Waals surface area contributed by atoms with Crippen LogP contribution in [0.5, 0.6) is 5.88 Å². The second-order valence-corrected chi connectivity index (χ2v) is 8.01. The Bertz CT molecular complexity index is 1320. The highest BCUT2D eigenvalue weighted by Crippen LogP contribution is 2.42. The molecule has 0 bridgehead atoms. The summed E-state index contributed by atoms with van der Waals surface area (Å²) in [5.41, 5.74) is 2.11. The van der Waals surface area contributed by atoms with Crippen LogP contribution in [0.2, 0.25) is 0 Å². The van der Waals surface area contributed by atoms with Crippen molar-refractivity contribution >= 4 is 29.5 Å². The third-order valence-corrected chi connectivity index (χ3v) is 5.89. The minimum absolute atomic E-state index is 0.0318. The van der Waals surface area contributed by atoms with Gasteiger partial charge in [0.25, 0.3) is 5.69 Å². The molecule has 0 aliphatic heterocycles. The number of aromatic nitrogens is 2. The molecule has 8 heteroatoms. The van der Waals surface area contributed by atoms with Gasteiger partial charge in [0.1, 0.15) is 0 Å². The van der Waals surface area contributed by atoms with Crippen LogP contribution >= 0.6 is 11.8 Å². The summed E-state index contributed by atoms with van der Waals surface area (Å²) in [6.45, 7) is 1.77. The van der Waals surface area contributed by atoms with Crippen molar-refractivity contribution in [3.05, 3.63) is 112 Å². The minimum atomic E-state index is -0.583. The monoisotopic (exact) mass is 457 g/mol. The lowest BCUT2D eigenvalue weighted by Crippen LogP contribution is -2.09. The SMILES string of the molecule is Cc1nn(-c2ccccc2)c(OC(=O)/C=C/c2ccccc2)c1Sc1ccccc1[N+](=O)[O-]. The quantitative estimate of drug-likeness (QED) is 0.150. The number of nitro groups is 1. The summed E-state index contributed by atoms with van der Waals surface area (Å²) in [6.07, 6.45) is 3.00. The van der Waals surface area contributed by atoms with Gasteiger partial charge in [-0.3, -0.25) is 10.1 Å². The van der Waals surface area contributed by atoms with Crippen molar-refractivity contribution in [2.75, 3.05) is 0 Å². The van der Waals surface area contributed by atoms with Crippen LogP contribution in [-0.2, 0) is 4.79 Å². The van der Waals surface area contributed by atoms with Crippen LogP contribution in [0.4, 0.5) is 5.69 Å². The van der Waals surface area contributed by atoms with Crippen LogP contribution in [0.1, 0.15) is 11.3 Å². The van der Waals surface area contributed by atoms with Crippen LogP contribution in [0.15, 0.2) is 101 Å². The molecule has 0 radical (unpaired) electrons. The van der Waals surface area contributed by atoms with Gasteiger partial charge in [0.15, 0.2) is 0 Å². The number of hydrogen-bond acceptors (Lipinski definition) is 6. The number of rotatable bonds is 7. The molecule has 0 aliphatic rings. The van der Waals surface area contributed by atoms with Crippen LogP contribution in [-0.4, -0.2) is 20.7 Å². The Labute approximate surface area is 194 Å². The van der Waals surface area contributed by atoms with Crippen LogP contribution < -0.4 is 4.74 Å². The maximum Gasteiger partial charge on any atom is 0.337 e. The predicted molar refractivity (Wildman–Crippen MR) is 127 cm³/mol. The number of aryl methyl sites for hydroxylation is 1. The van der Waals surface area contributed by atoms with Crippen LogP contribution in [0.3, 0.4) is 0 Å². The van der Waals surface area contributed by atoms with Crippen molar-refractivity contribution in [3.8, 4) is 11.6 Å². The summed E-state index contributed by atoms with van der Waals surface area (Å²) in [6, 6.07) is 25.1. The van der Waals surface area contributed by atoms with Gasteiger partial charge in [-0.25, -0.2) is 4.79 Å². The lowest BCUT2D eigenvalue weighted by molar-refractivity contribution is -0.387. The zero-order valence-corrected chi connectivity index (χ0v) is 18.4. The molecule has 33 heavy (non-hydrogen) atoms. The van der Waals surface area contributed by atoms with Gasteiger partial charge in [-0.15, -0.1) is 0 Å². The summed E-state index contributed by atoms with van der Waals surface area (Å²) in [5.74, 6) is -0.384. The Hall–Kier alpha value is -4.17. The van der Waals surface area contributed by atoms with Crippen LogP contribution in [0, 0.1) is 17.0 Å². The first-order chi connectivity index (χ1) is 16.0. The number of para-hydroxylation sites is 2. The Balaban J connectivity index is 1.73. The fourth-order valence-electron chi connectivity index (χ4n) is 3.11. The van der Waals surface area contributed by atoms with E-state index in [1.807, 2.05) is 60.7 Å². The first kappa shape index (κ1) is 22.0. The zero-order chi connectivity index (χ0) is 23.2. The molecule has 164 valence electrons. The molecule has 0 aliphatic carbocycles. The third-order valence-electron chi connectivity index (χ3n) is 4.65. The maximum atomic E-state index is 12.7. The average molecular weight is 458 g/mol. The molecule has 4 rings (SSSR count). The second kappa shape index (κ2) is 9.97. The average Bonchev–Trinajstić information content (AvgIpc) is 3.14. The number of nitro benzene ring substituents is 1. The molecule has 4 aromatic rings. The van der Waals surface area contributed by atoms with Crippen molar-refractivity contribution in [2.24, 2.45) is 0 Å². The Morgan fingerprint density at radius 1 is 1.00 bits per heavy atom. The summed E-state index contributed by atoms with van der Waals surface area (Å²) >= 11 is 1.14. The number of carbonyl (C=O) groups excluding carboxylic acids is 1. The van der Waals surface area contributed by atoms with E-state index < -0.39 is 10.9 Å². The first-order valence-electron chi connectivity index (χ1n) is 10.0. The maximum absolute atomic E-state index is 12.7. The normalized spacial score (nSPS) is 10.9. The van der Waals surface area contributed by atoms with E-state index in [-0.39, 0.29) is 11.6 Å². The number of ether oxygens (including phenoxy) is 1. The largest absolute Gasteiger partial charge is 0.403 e. The summed E-state index contributed by atoms with van der Waals surface area (Å²) in [7, 11) is 0. The minimum Gasteiger partial charge on any atom is -0.403 e. The molecule has 7 nitrogen and oxygen atoms in total. The molecule has 0 N–H and O–H groups in total. The molecule has 0 saturated heterocycles. The molecular formula is C25H19N3O4S. The summed E-state index contributed by atoms with van der Waals surface area (Å²) < 4.78 is 7.26. The standard InChI is InChI=1S/C25H19N3O4S/c1-18-24(33-22-15-9-8-14-21(22)28(30)31)25(27(26-18)20-12-6-3-7-13-20)32-23(29)17-16-19-10-4-2-5-11-19/h2-17H,1H3/b17-16+. The van der Waals surface area contributed by atoms with Gasteiger partial charge in [-0.1, -0.05) is 72.4 Å². The van der Waals surface area contributed by atoms with E-state index in [4.69, 9.17) is 4.74 Å². The molecule has 0 saturated carbocycles. The Kier molecular flexibility index (Phi) is 6.66. The molecule has 0 fully saturated rings. The van der Waals surface area contributed by atoms with E-state index in [9.17, 15) is 14.9 Å². The van der Waals surface area contributed by atoms with Crippen LogP contribution in [0.25, 0.3) is 11.8 Å². The first-order valence-corrected chi connectivity index (χ1v) is 10.9. The topological polar surface area (TPSA) is 87.3 Å². The lowest BCUT2D eigenvalue weighted by Gasteiger charge is -2.09. The van der Waals surface area contributed by atoms with Crippen molar-refractivity contribution < 1.29 is 14.5 Å². The van der Waals surface area contributed by atoms with E-state index in [0.29, 0.717) is 21.2 Å². The van der Waals surface area contributed by atoms with Gasteiger partial charge < -0.3 is 4.74 Å². The van der Waals surface area contributed by atoms with Gasteiger partial charge >= 0.3 is 5.97 Å². The van der Waals surface area contributed by atoms with E-state index in [1.165, 1.54) is 16.8 Å². The predicted octanol–water partition coefficient (Wildman–Crippen LogP) is 5.86. The Morgan fingerprint density at radius 3 is 2.33 bits per heavy atom. The number of hydrogen-bond donors (Lipinski definition) is 0. The highest BCUT2D eigenvalue weighted by Gasteiger charge is 2.24. The van der Waals surface area contributed by atoms with Gasteiger partial charge in [0.05, 0.1) is 26.1 Å². The fourth-order valence-corrected chi connectivity index (χ4v) is 4.12. The number of nitrogens with zero attached hydrogens (tertiary/aromatic N) is 3. The lowest BCUT2D eigenvalue weighted by atomic mass is 10.2. The van der Waals surface area contributed by atoms with E-state index >= 15 is 0 Å². The van der Waals surface area contributed by atoms with Gasteiger partial charge in [0.2, 0.25) is 5.88 Å². The molecule has 0 unspecified atom stereocenters. The summed E-state index contributed by atoms with van der Waals surface area (Å²) in [4.78, 5) is 24.7. The van der Waals surface area contributed by atoms with Crippen molar-refractivity contribution in [2.45, 2.75) is 16.7 Å². The van der Waals surface area contributed by atoms with E-state index in [0.717, 1.165) is 17.3 Å². The molecule has 1 heterocycles. The van der Waals surface area contributed by atoms with Crippen molar-refractivity contribution in [1.29, 1.82) is 0 Å². The van der Waals surface area contributed by atoms with E-state index in [1.54, 1.807) is 31.2 Å². The van der Waals surface area contributed by atoms with Gasteiger partial charge in [-0.05, 0) is 36.8 Å².